The summed E-state index contributed by atoms with van der Waals surface area (Å²) < 4.78 is 25.2. The molecule has 9 nitrogen and oxygen atoms in total. The smallest absolute Gasteiger partial charge is 0.407 e. The van der Waals surface area contributed by atoms with Gasteiger partial charge in [-0.25, -0.2) is 19.2 Å². The molecule has 0 radical (unpaired) electrons. The van der Waals surface area contributed by atoms with Gasteiger partial charge in [0.05, 0.1) is 6.04 Å². The van der Waals surface area contributed by atoms with Crippen LogP contribution in [0.1, 0.15) is 44.0 Å². The van der Waals surface area contributed by atoms with E-state index in [1.54, 1.807) is 20.8 Å². The van der Waals surface area contributed by atoms with E-state index in [0.29, 0.717) is 24.3 Å². The molecule has 1 fully saturated rings. The van der Waals surface area contributed by atoms with Gasteiger partial charge in [0, 0.05) is 36.3 Å². The van der Waals surface area contributed by atoms with Crippen LogP contribution >= 0.6 is 0 Å². The Labute approximate surface area is 197 Å². The fourth-order valence-corrected chi connectivity index (χ4v) is 4.53. The Morgan fingerprint density at radius 1 is 1.26 bits per heavy atom. The van der Waals surface area contributed by atoms with Gasteiger partial charge < -0.3 is 29.9 Å². The van der Waals surface area contributed by atoms with Crippen molar-refractivity contribution in [3.63, 3.8) is 0 Å². The van der Waals surface area contributed by atoms with Crippen LogP contribution in [0.25, 0.3) is 0 Å². The Morgan fingerprint density at radius 3 is 2.76 bits per heavy atom. The summed E-state index contributed by atoms with van der Waals surface area (Å²) in [5.74, 6) is 0.602. The monoisotopic (exact) mass is 474 g/mol. The quantitative estimate of drug-likeness (QED) is 0.604. The number of nitrogens with zero attached hydrogens (tertiary/aromatic N) is 3. The van der Waals surface area contributed by atoms with E-state index in [1.165, 1.54) is 24.5 Å². The van der Waals surface area contributed by atoms with E-state index in [4.69, 9.17) is 9.47 Å². The van der Waals surface area contributed by atoms with Crippen molar-refractivity contribution >= 4 is 11.9 Å². The first-order valence-electron chi connectivity index (χ1n) is 11.4. The van der Waals surface area contributed by atoms with E-state index in [0.717, 1.165) is 23.5 Å². The summed E-state index contributed by atoms with van der Waals surface area (Å²) in [5, 5.41) is 24.2. The van der Waals surface area contributed by atoms with Crippen molar-refractivity contribution in [1.82, 2.24) is 15.3 Å². The number of anilines is 1. The van der Waals surface area contributed by atoms with E-state index in [2.05, 4.69) is 15.3 Å². The van der Waals surface area contributed by atoms with Gasteiger partial charge in [-0.15, -0.1) is 0 Å². The highest BCUT2D eigenvalue weighted by Crippen LogP contribution is 2.36. The number of alkyl carbamates (subject to hydrolysis) is 1. The molecule has 1 amide bonds. The number of aliphatic hydroxyl groups is 2. The second-order valence-electron chi connectivity index (χ2n) is 9.75. The number of aromatic nitrogens is 2. The molecular weight excluding hydrogens is 443 g/mol. The zero-order valence-electron chi connectivity index (χ0n) is 19.8. The molecule has 2 aromatic rings. The molecule has 2 aliphatic rings. The Bertz CT molecular complexity index is 1060. The molecule has 3 N–H and O–H groups in total. The summed E-state index contributed by atoms with van der Waals surface area (Å²) in [6.45, 7) is 7.82. The molecule has 0 unspecified atom stereocenters. The van der Waals surface area contributed by atoms with Crippen LogP contribution in [-0.4, -0.2) is 62.8 Å². The first-order chi connectivity index (χ1) is 16.0. The predicted octanol–water partition coefficient (Wildman–Crippen LogP) is 2.25. The molecule has 0 spiro atoms. The molecule has 34 heavy (non-hydrogen) atoms. The number of benzene rings is 1. The van der Waals surface area contributed by atoms with Crippen LogP contribution in [0.3, 0.4) is 0 Å². The Hall–Kier alpha value is -2.98. The number of carbonyl (C=O) groups excluding carboxylic acids is 1. The summed E-state index contributed by atoms with van der Waals surface area (Å²) in [6.07, 6.45) is -0.932. The fourth-order valence-electron chi connectivity index (χ4n) is 4.53. The number of hydrogen-bond donors (Lipinski definition) is 3. The van der Waals surface area contributed by atoms with E-state index in [9.17, 15) is 19.4 Å². The molecule has 0 saturated heterocycles. The zero-order valence-corrected chi connectivity index (χ0v) is 19.8. The minimum absolute atomic E-state index is 0.0213. The van der Waals surface area contributed by atoms with Crippen LogP contribution in [-0.2, 0) is 17.7 Å². The summed E-state index contributed by atoms with van der Waals surface area (Å²) >= 11 is 0. The van der Waals surface area contributed by atoms with Gasteiger partial charge in [0.15, 0.2) is 0 Å². The lowest BCUT2D eigenvalue weighted by Crippen LogP contribution is -2.43. The number of halogens is 1. The molecule has 2 heterocycles. The van der Waals surface area contributed by atoms with Crippen molar-refractivity contribution in [3.05, 3.63) is 47.2 Å². The summed E-state index contributed by atoms with van der Waals surface area (Å²) in [7, 11) is 0. The van der Waals surface area contributed by atoms with Gasteiger partial charge in [-0.3, -0.25) is 0 Å². The van der Waals surface area contributed by atoms with Gasteiger partial charge >= 0.3 is 6.09 Å². The molecule has 184 valence electrons. The summed E-state index contributed by atoms with van der Waals surface area (Å²) in [4.78, 5) is 22.7. The molecule has 4 atom stereocenters. The van der Waals surface area contributed by atoms with Crippen LogP contribution < -0.4 is 15.0 Å². The van der Waals surface area contributed by atoms with Crippen molar-refractivity contribution in [2.45, 2.75) is 77.0 Å². The van der Waals surface area contributed by atoms with Crippen LogP contribution in [0, 0.1) is 12.7 Å². The van der Waals surface area contributed by atoms with Gasteiger partial charge in [0.25, 0.3) is 0 Å². The standard InChI is InChI=1S/C24H31FN4O5/c1-13-16-7-8-29(22(16)28-12-27-13)17-10-19(21(31)20(17)30)33-18-6-5-15(25)9-14(18)11-26-23(32)34-24(2,3)4/h5-6,9,12,17,19-21,30-31H,7-8,10-11H2,1-4H3,(H,26,32)/t17-,19+,20+,21-/m1/s1. The molecule has 10 heteroatoms. The Kier molecular flexibility index (Phi) is 6.64. The first kappa shape index (κ1) is 24.2. The molecule has 1 aliphatic heterocycles. The van der Waals surface area contributed by atoms with Gasteiger partial charge in [0.2, 0.25) is 0 Å². The highest BCUT2D eigenvalue weighted by atomic mass is 19.1. The topological polar surface area (TPSA) is 117 Å². The minimum atomic E-state index is -1.14. The van der Waals surface area contributed by atoms with Crippen LogP contribution in [0.15, 0.2) is 24.5 Å². The number of amides is 1. The number of aryl methyl sites for hydroxylation is 1. The lowest BCUT2D eigenvalue weighted by molar-refractivity contribution is -0.0122. The highest BCUT2D eigenvalue weighted by Gasteiger charge is 2.47. The Balaban J connectivity index is 1.47. The van der Waals surface area contributed by atoms with E-state index in [-0.39, 0.29) is 12.6 Å². The maximum Gasteiger partial charge on any atom is 0.407 e. The van der Waals surface area contributed by atoms with Crippen LogP contribution in [0.4, 0.5) is 15.0 Å². The maximum atomic E-state index is 13.9. The minimum Gasteiger partial charge on any atom is -0.487 e. The van der Waals surface area contributed by atoms with Crippen molar-refractivity contribution in [2.75, 3.05) is 11.4 Å². The molecular formula is C24H31FN4O5. The molecule has 1 aromatic carbocycles. The van der Waals surface area contributed by atoms with Gasteiger partial charge in [-0.05, 0) is 52.3 Å². The molecule has 0 bridgehead atoms. The van der Waals surface area contributed by atoms with Gasteiger partial charge in [-0.2, -0.15) is 0 Å². The predicted molar refractivity (Wildman–Crippen MR) is 122 cm³/mol. The van der Waals surface area contributed by atoms with Crippen molar-refractivity contribution in [3.8, 4) is 5.75 Å². The fraction of sp³-hybridized carbons (Fsp3) is 0.542. The van der Waals surface area contributed by atoms with Crippen LogP contribution in [0.2, 0.25) is 0 Å². The number of hydrogen-bond acceptors (Lipinski definition) is 8. The van der Waals surface area contributed by atoms with Crippen LogP contribution in [0.5, 0.6) is 5.75 Å². The molecule has 1 aromatic heterocycles. The van der Waals surface area contributed by atoms with Gasteiger partial charge in [-0.1, -0.05) is 0 Å². The molecule has 1 aliphatic carbocycles. The highest BCUT2D eigenvalue weighted by molar-refractivity contribution is 5.67. The first-order valence-corrected chi connectivity index (χ1v) is 11.4. The largest absolute Gasteiger partial charge is 0.487 e. The van der Waals surface area contributed by atoms with Gasteiger partial charge in [0.1, 0.15) is 47.6 Å². The average Bonchev–Trinajstić information content (AvgIpc) is 3.30. The Morgan fingerprint density at radius 2 is 2.03 bits per heavy atom. The lowest BCUT2D eigenvalue weighted by atomic mass is 10.1. The summed E-state index contributed by atoms with van der Waals surface area (Å²) in [5.41, 5.74) is 1.68. The molecule has 4 rings (SSSR count). The average molecular weight is 475 g/mol. The van der Waals surface area contributed by atoms with Crippen molar-refractivity contribution in [2.24, 2.45) is 0 Å². The number of nitrogens with one attached hydrogen (secondary N) is 1. The zero-order chi connectivity index (χ0) is 24.6. The number of fused-ring (bicyclic) bond motifs is 1. The third kappa shape index (κ3) is 5.07. The number of rotatable bonds is 5. The summed E-state index contributed by atoms with van der Waals surface area (Å²) in [6, 6.07) is 3.57. The van der Waals surface area contributed by atoms with E-state index < -0.39 is 35.8 Å². The van der Waals surface area contributed by atoms with Crippen molar-refractivity contribution in [1.29, 1.82) is 0 Å². The number of carbonyl (C=O) groups is 1. The number of ether oxygens (including phenoxy) is 2. The van der Waals surface area contributed by atoms with E-state index >= 15 is 0 Å². The van der Waals surface area contributed by atoms with E-state index in [1.807, 2.05) is 11.8 Å². The second-order valence-corrected chi connectivity index (χ2v) is 9.75. The third-order valence-corrected chi connectivity index (χ3v) is 6.13. The molecule has 1 saturated carbocycles. The lowest BCUT2D eigenvalue weighted by Gasteiger charge is -2.28. The normalized spacial score (nSPS) is 24.1. The third-order valence-electron chi connectivity index (χ3n) is 6.13. The SMILES string of the molecule is Cc1ncnc2c1CCN2[C@@H]1C[C@H](Oc2ccc(F)cc2CNC(=O)OC(C)(C)C)[C@@H](O)[C@H]1O. The second kappa shape index (κ2) is 9.34. The number of aliphatic hydroxyl groups excluding tert-OH is 2. The van der Waals surface area contributed by atoms with Crippen molar-refractivity contribution < 1.29 is 28.9 Å². The maximum absolute atomic E-state index is 13.9.